The van der Waals surface area contributed by atoms with Crippen molar-refractivity contribution in [3.05, 3.63) is 157 Å². The standard InChI is InChI=1S/C42H30N2/c1-42(2)35-20-10-8-18-32(35)40-38(33-23-22-28(25-36(33)42)27-13-4-3-5-14-27)30-16-6-7-17-31(30)39-34-19-9-11-21-37(34)44(41(39)40)29-15-12-24-43-26-29/h3-26H,1-2H3/i3D,4D,5D,13D,14D. The molecule has 0 atom stereocenters. The van der Waals surface area contributed by atoms with Crippen LogP contribution in [0.3, 0.4) is 0 Å². The summed E-state index contributed by atoms with van der Waals surface area (Å²) in [5.74, 6) is 0. The summed E-state index contributed by atoms with van der Waals surface area (Å²) in [6.45, 7) is 4.44. The van der Waals surface area contributed by atoms with E-state index >= 15 is 0 Å². The molecule has 9 rings (SSSR count). The Kier molecular flexibility index (Phi) is 4.30. The molecule has 0 spiro atoms. The first kappa shape index (κ1) is 20.4. The maximum absolute atomic E-state index is 8.77. The summed E-state index contributed by atoms with van der Waals surface area (Å²) in [6, 6.07) is 34.4. The fourth-order valence-electron chi connectivity index (χ4n) is 7.44. The zero-order valence-electron chi connectivity index (χ0n) is 29.4. The normalized spacial score (nSPS) is 15.0. The molecule has 0 radical (unpaired) electrons. The summed E-state index contributed by atoms with van der Waals surface area (Å²) in [5.41, 5.74) is 10.1. The molecule has 8 aromatic rings. The molecule has 2 nitrogen and oxygen atoms in total. The van der Waals surface area contributed by atoms with Crippen LogP contribution in [-0.4, -0.2) is 9.55 Å². The molecule has 6 aromatic carbocycles. The Bertz CT molecular complexity index is 2660. The van der Waals surface area contributed by atoms with E-state index in [2.05, 4.69) is 108 Å². The number of hydrogen-bond donors (Lipinski definition) is 0. The van der Waals surface area contributed by atoms with Gasteiger partial charge in [0.1, 0.15) is 0 Å². The Labute approximate surface area is 263 Å². The molecule has 2 aromatic heterocycles. The van der Waals surface area contributed by atoms with Crippen molar-refractivity contribution >= 4 is 32.6 Å². The lowest BCUT2D eigenvalue weighted by Gasteiger charge is -2.29. The monoisotopic (exact) mass is 567 g/mol. The highest BCUT2D eigenvalue weighted by Crippen LogP contribution is 2.55. The van der Waals surface area contributed by atoms with Gasteiger partial charge >= 0.3 is 0 Å². The lowest BCUT2D eigenvalue weighted by atomic mass is 9.74. The Hall–Kier alpha value is -5.47. The average Bonchev–Trinajstić information content (AvgIpc) is 3.44. The number of nitrogens with zero attached hydrogens (tertiary/aromatic N) is 2. The molecule has 0 bridgehead atoms. The van der Waals surface area contributed by atoms with E-state index in [4.69, 9.17) is 6.85 Å². The van der Waals surface area contributed by atoms with E-state index in [1.807, 2.05) is 24.4 Å². The van der Waals surface area contributed by atoms with Crippen LogP contribution in [0.15, 0.2) is 146 Å². The van der Waals surface area contributed by atoms with E-state index < -0.39 is 11.5 Å². The van der Waals surface area contributed by atoms with Crippen LogP contribution in [0.25, 0.3) is 71.6 Å². The predicted molar refractivity (Wildman–Crippen MR) is 185 cm³/mol. The summed E-state index contributed by atoms with van der Waals surface area (Å²) in [6.07, 6.45) is 3.72. The van der Waals surface area contributed by atoms with Gasteiger partial charge in [-0.2, -0.15) is 0 Å². The second-order valence-corrected chi connectivity index (χ2v) is 12.0. The minimum atomic E-state index is -0.521. The van der Waals surface area contributed by atoms with Gasteiger partial charge in [-0.05, 0) is 74.0 Å². The highest BCUT2D eigenvalue weighted by molar-refractivity contribution is 6.30. The molecule has 0 amide bonds. The van der Waals surface area contributed by atoms with Gasteiger partial charge in [-0.15, -0.1) is 0 Å². The summed E-state index contributed by atoms with van der Waals surface area (Å²) in [4.78, 5) is 4.53. The zero-order valence-corrected chi connectivity index (χ0v) is 24.4. The molecule has 2 heterocycles. The Morgan fingerprint density at radius 1 is 0.636 bits per heavy atom. The topological polar surface area (TPSA) is 17.8 Å². The molecule has 1 aliphatic carbocycles. The van der Waals surface area contributed by atoms with Crippen LogP contribution in [0.2, 0.25) is 0 Å². The number of aromatic nitrogens is 2. The van der Waals surface area contributed by atoms with Gasteiger partial charge in [0.25, 0.3) is 0 Å². The number of rotatable bonds is 2. The third kappa shape index (κ3) is 3.40. The summed E-state index contributed by atoms with van der Waals surface area (Å²) >= 11 is 0. The molecule has 0 saturated heterocycles. The lowest BCUT2D eigenvalue weighted by molar-refractivity contribution is 0.646. The summed E-state index contributed by atoms with van der Waals surface area (Å²) in [5, 5.41) is 4.62. The number of benzene rings is 6. The van der Waals surface area contributed by atoms with E-state index in [-0.39, 0.29) is 29.7 Å². The second kappa shape index (κ2) is 9.26. The highest BCUT2D eigenvalue weighted by Gasteiger charge is 2.36. The van der Waals surface area contributed by atoms with E-state index in [1.54, 1.807) is 6.20 Å². The maximum atomic E-state index is 8.77. The smallest absolute Gasteiger partial charge is 0.0645 e. The molecule has 0 aliphatic heterocycles. The van der Waals surface area contributed by atoms with E-state index in [0.29, 0.717) is 5.56 Å². The molecule has 1 aliphatic rings. The molecule has 44 heavy (non-hydrogen) atoms. The van der Waals surface area contributed by atoms with Crippen molar-refractivity contribution < 1.29 is 6.85 Å². The van der Waals surface area contributed by atoms with Crippen molar-refractivity contribution in [2.75, 3.05) is 0 Å². The van der Waals surface area contributed by atoms with Crippen LogP contribution in [0, 0.1) is 0 Å². The van der Waals surface area contributed by atoms with Gasteiger partial charge in [0.05, 0.1) is 29.8 Å². The van der Waals surface area contributed by atoms with Crippen molar-refractivity contribution in [2.45, 2.75) is 19.3 Å². The van der Waals surface area contributed by atoms with Crippen LogP contribution < -0.4 is 0 Å². The van der Waals surface area contributed by atoms with E-state index in [0.717, 1.165) is 66.3 Å². The van der Waals surface area contributed by atoms with Gasteiger partial charge in [0.2, 0.25) is 0 Å². The van der Waals surface area contributed by atoms with E-state index in [9.17, 15) is 0 Å². The first-order valence-corrected chi connectivity index (χ1v) is 14.9. The Morgan fingerprint density at radius 2 is 1.36 bits per heavy atom. The highest BCUT2D eigenvalue weighted by atomic mass is 15.0. The minimum absolute atomic E-state index is 0.202. The molecular weight excluding hydrogens is 532 g/mol. The first-order chi connectivity index (χ1) is 23.7. The summed E-state index contributed by atoms with van der Waals surface area (Å²) in [7, 11) is 0. The molecular formula is C42H30N2. The molecule has 0 unspecified atom stereocenters. The van der Waals surface area contributed by atoms with Crippen LogP contribution in [0.1, 0.15) is 31.8 Å². The fraction of sp³-hybridized carbons (Fsp3) is 0.0714. The third-order valence-corrected chi connectivity index (χ3v) is 9.35. The van der Waals surface area contributed by atoms with Gasteiger partial charge < -0.3 is 4.57 Å². The molecule has 208 valence electrons. The molecule has 0 fully saturated rings. The van der Waals surface area contributed by atoms with Crippen LogP contribution >= 0.6 is 0 Å². The van der Waals surface area contributed by atoms with Gasteiger partial charge in [0.15, 0.2) is 0 Å². The fourth-order valence-corrected chi connectivity index (χ4v) is 7.44. The first-order valence-electron chi connectivity index (χ1n) is 17.4. The number of hydrogen-bond acceptors (Lipinski definition) is 1. The SMILES string of the molecule is [2H]c1c([2H])c([2H])c(-c2ccc3c(c2)C(C)(C)c2ccccc2-c2c-3c3ccccc3c3c4ccccc4n(-c4cccnc4)c23)c([2H])c1[2H]. The zero-order chi connectivity index (χ0) is 33.8. The minimum Gasteiger partial charge on any atom is -0.307 e. The van der Waals surface area contributed by atoms with Crippen molar-refractivity contribution in [1.29, 1.82) is 0 Å². The van der Waals surface area contributed by atoms with Crippen molar-refractivity contribution in [2.24, 2.45) is 0 Å². The largest absolute Gasteiger partial charge is 0.307 e. The average molecular weight is 568 g/mol. The molecule has 2 heteroatoms. The van der Waals surface area contributed by atoms with Gasteiger partial charge in [-0.1, -0.05) is 123 Å². The van der Waals surface area contributed by atoms with Crippen LogP contribution in [-0.2, 0) is 5.41 Å². The quantitative estimate of drug-likeness (QED) is 0.203. The van der Waals surface area contributed by atoms with Gasteiger partial charge in [-0.3, -0.25) is 4.98 Å². The lowest BCUT2D eigenvalue weighted by Crippen LogP contribution is -2.20. The number of fused-ring (bicyclic) bond motifs is 12. The summed E-state index contributed by atoms with van der Waals surface area (Å²) < 4.78 is 44.8. The van der Waals surface area contributed by atoms with Crippen molar-refractivity contribution in [3.63, 3.8) is 0 Å². The van der Waals surface area contributed by atoms with Crippen molar-refractivity contribution in [3.8, 4) is 39.1 Å². The molecule has 0 saturated carbocycles. The van der Waals surface area contributed by atoms with Gasteiger partial charge in [-0.25, -0.2) is 0 Å². The van der Waals surface area contributed by atoms with Crippen molar-refractivity contribution in [1.82, 2.24) is 9.55 Å². The van der Waals surface area contributed by atoms with Gasteiger partial charge in [0, 0.05) is 27.9 Å². The Morgan fingerprint density at radius 3 is 2.18 bits per heavy atom. The van der Waals surface area contributed by atoms with E-state index in [1.165, 1.54) is 5.39 Å². The molecule has 0 N–H and O–H groups in total. The third-order valence-electron chi connectivity index (χ3n) is 9.35. The predicted octanol–water partition coefficient (Wildman–Crippen LogP) is 11.0. The maximum Gasteiger partial charge on any atom is 0.0645 e. The van der Waals surface area contributed by atoms with Crippen LogP contribution in [0.5, 0.6) is 0 Å². The second-order valence-electron chi connectivity index (χ2n) is 12.0. The number of para-hydroxylation sites is 1. The Balaban J connectivity index is 1.52. The van der Waals surface area contributed by atoms with Crippen LogP contribution in [0.4, 0.5) is 0 Å². The number of pyridine rings is 1.